The summed E-state index contributed by atoms with van der Waals surface area (Å²) < 4.78 is 0. The van der Waals surface area contributed by atoms with Gasteiger partial charge >= 0.3 is 0 Å². The molecule has 9 aromatic rings. The minimum atomic E-state index is 0.211. The van der Waals surface area contributed by atoms with Crippen molar-refractivity contribution in [1.82, 2.24) is 0 Å². The molecule has 3 aliphatic carbocycles. The van der Waals surface area contributed by atoms with Gasteiger partial charge in [-0.3, -0.25) is 0 Å². The first-order valence-electron chi connectivity index (χ1n) is 26.0. The SMILES string of the molecule is CC1C=Cc2cc(N(c3ccccc3)c3ccc(N(C4=CC=C(N(C5=CC=CCC5C)c5ccc6ccccc6c5)C(C)C4)c4ccc(N(c5ccccc5)c5ccc6ccccc6c5)cc4)cc3)ccc2C1. The van der Waals surface area contributed by atoms with Crippen molar-refractivity contribution in [3.8, 4) is 0 Å². The highest BCUT2D eigenvalue weighted by Crippen LogP contribution is 2.45. The Bertz CT molecular complexity index is 3600. The number of anilines is 9. The van der Waals surface area contributed by atoms with Crippen LogP contribution in [0.3, 0.4) is 0 Å². The molecule has 0 heterocycles. The van der Waals surface area contributed by atoms with E-state index in [1.165, 1.54) is 55.5 Å². The van der Waals surface area contributed by atoms with Crippen molar-refractivity contribution in [3.05, 3.63) is 277 Å². The van der Waals surface area contributed by atoms with E-state index in [1.54, 1.807) is 0 Å². The average Bonchev–Trinajstić information content (AvgIpc) is 3.43. The quantitative estimate of drug-likeness (QED) is 0.121. The molecule has 4 nitrogen and oxygen atoms in total. The Morgan fingerprint density at radius 1 is 0.356 bits per heavy atom. The molecule has 73 heavy (non-hydrogen) atoms. The van der Waals surface area contributed by atoms with E-state index in [9.17, 15) is 0 Å². The summed E-state index contributed by atoms with van der Waals surface area (Å²) in [5.41, 5.74) is 16.7. The van der Waals surface area contributed by atoms with Crippen molar-refractivity contribution in [1.29, 1.82) is 0 Å². The molecule has 4 heteroatoms. The minimum Gasteiger partial charge on any atom is -0.317 e. The Kier molecular flexibility index (Phi) is 12.4. The molecule has 0 amide bonds. The van der Waals surface area contributed by atoms with Gasteiger partial charge in [-0.2, -0.15) is 0 Å². The van der Waals surface area contributed by atoms with E-state index in [4.69, 9.17) is 0 Å². The maximum absolute atomic E-state index is 2.55. The molecule has 0 aliphatic heterocycles. The molecule has 0 saturated heterocycles. The van der Waals surface area contributed by atoms with Gasteiger partial charge in [-0.05, 0) is 185 Å². The highest BCUT2D eigenvalue weighted by molar-refractivity contribution is 5.90. The highest BCUT2D eigenvalue weighted by Gasteiger charge is 2.30. The first kappa shape index (κ1) is 45.5. The van der Waals surface area contributed by atoms with Gasteiger partial charge < -0.3 is 19.6 Å². The fourth-order valence-corrected chi connectivity index (χ4v) is 11.2. The Balaban J connectivity index is 0.966. The normalized spacial score (nSPS) is 17.1. The van der Waals surface area contributed by atoms with Gasteiger partial charge in [0.1, 0.15) is 0 Å². The van der Waals surface area contributed by atoms with E-state index < -0.39 is 0 Å². The number of benzene rings is 9. The van der Waals surface area contributed by atoms with Crippen LogP contribution in [0.4, 0.5) is 51.2 Å². The fraction of sp³-hybridized carbons (Fsp3) is 0.130. The van der Waals surface area contributed by atoms with E-state index in [2.05, 4.69) is 295 Å². The molecule has 0 bridgehead atoms. The van der Waals surface area contributed by atoms with Crippen LogP contribution in [-0.4, -0.2) is 0 Å². The zero-order chi connectivity index (χ0) is 49.3. The predicted molar refractivity (Wildman–Crippen MR) is 311 cm³/mol. The summed E-state index contributed by atoms with van der Waals surface area (Å²) in [4.78, 5) is 9.77. The number of para-hydroxylation sites is 2. The van der Waals surface area contributed by atoms with Crippen molar-refractivity contribution < 1.29 is 0 Å². The number of fused-ring (bicyclic) bond motifs is 3. The molecular formula is C69H60N4. The predicted octanol–water partition coefficient (Wildman–Crippen LogP) is 19.1. The molecule has 3 aliphatic rings. The standard InChI is InChI=1S/C69H60N4/c1-49-26-27-57-48-66(33-30-56(57)44-49)71(59-23-8-5-9-24-59)61-36-40-63(41-37-61)72(62-38-34-60(35-39-62)70(58-21-6-4-7-22-58)65-31-28-52-17-11-13-19-54(52)46-65)64-42-43-69(51(3)45-64)73(68-25-15-10-16-50(68)2)67-32-29-53-18-12-14-20-55(53)47-67/h4-15,17-43,46-51H,16,44-45H2,1-3H3. The lowest BCUT2D eigenvalue weighted by Gasteiger charge is -2.39. The van der Waals surface area contributed by atoms with Crippen molar-refractivity contribution in [2.75, 3.05) is 19.6 Å². The first-order chi connectivity index (χ1) is 35.9. The number of hydrogen-bond donors (Lipinski definition) is 0. The van der Waals surface area contributed by atoms with Crippen molar-refractivity contribution >= 4 is 78.8 Å². The van der Waals surface area contributed by atoms with Crippen molar-refractivity contribution in [2.45, 2.75) is 40.0 Å². The zero-order valence-corrected chi connectivity index (χ0v) is 41.9. The van der Waals surface area contributed by atoms with Gasteiger partial charge in [-0.15, -0.1) is 0 Å². The third-order valence-electron chi connectivity index (χ3n) is 14.9. The molecule has 3 unspecified atom stereocenters. The first-order valence-corrected chi connectivity index (χ1v) is 26.0. The summed E-state index contributed by atoms with van der Waals surface area (Å²) in [6.45, 7) is 7.05. The van der Waals surface area contributed by atoms with Crippen LogP contribution < -0.4 is 19.6 Å². The van der Waals surface area contributed by atoms with Gasteiger partial charge in [-0.25, -0.2) is 0 Å². The van der Waals surface area contributed by atoms with E-state index in [0.29, 0.717) is 11.8 Å². The molecular weight excluding hydrogens is 885 g/mol. The summed E-state index contributed by atoms with van der Waals surface area (Å²) in [5.74, 6) is 1.14. The van der Waals surface area contributed by atoms with Gasteiger partial charge in [0.15, 0.2) is 0 Å². The van der Waals surface area contributed by atoms with Gasteiger partial charge in [0.25, 0.3) is 0 Å². The lowest BCUT2D eigenvalue weighted by atomic mass is 9.90. The second-order valence-corrected chi connectivity index (χ2v) is 20.0. The van der Waals surface area contributed by atoms with Gasteiger partial charge in [-0.1, -0.05) is 148 Å². The van der Waals surface area contributed by atoms with Gasteiger partial charge in [0.05, 0.1) is 0 Å². The van der Waals surface area contributed by atoms with E-state index in [1.807, 2.05) is 0 Å². The van der Waals surface area contributed by atoms with Crippen LogP contribution in [0.25, 0.3) is 27.6 Å². The number of hydrogen-bond acceptors (Lipinski definition) is 4. The molecule has 0 fully saturated rings. The zero-order valence-electron chi connectivity index (χ0n) is 41.9. The molecule has 12 rings (SSSR count). The largest absolute Gasteiger partial charge is 0.317 e. The summed E-state index contributed by atoms with van der Waals surface area (Å²) in [7, 11) is 0. The monoisotopic (exact) mass is 944 g/mol. The van der Waals surface area contributed by atoms with E-state index in [0.717, 1.165) is 64.8 Å². The Labute approximate surface area is 431 Å². The lowest BCUT2D eigenvalue weighted by Crippen LogP contribution is -2.32. The topological polar surface area (TPSA) is 13.0 Å². The molecule has 0 spiro atoms. The molecule has 0 N–H and O–H groups in total. The number of allylic oxidation sites excluding steroid dienone is 9. The van der Waals surface area contributed by atoms with Crippen LogP contribution in [0, 0.1) is 17.8 Å². The van der Waals surface area contributed by atoms with E-state index >= 15 is 0 Å². The lowest BCUT2D eigenvalue weighted by molar-refractivity contribution is 0.600. The smallest absolute Gasteiger partial charge is 0.0468 e. The molecule has 9 aromatic carbocycles. The van der Waals surface area contributed by atoms with Crippen LogP contribution >= 0.6 is 0 Å². The highest BCUT2D eigenvalue weighted by atomic mass is 15.2. The third kappa shape index (κ3) is 9.18. The minimum absolute atomic E-state index is 0.211. The molecule has 0 radical (unpaired) electrons. The van der Waals surface area contributed by atoms with Gasteiger partial charge in [0, 0.05) is 80.1 Å². The Hall–Kier alpha value is -8.60. The summed E-state index contributed by atoms with van der Waals surface area (Å²) >= 11 is 0. The van der Waals surface area contributed by atoms with Crippen LogP contribution in [0.5, 0.6) is 0 Å². The second kappa shape index (κ2) is 19.9. The fourth-order valence-electron chi connectivity index (χ4n) is 11.2. The maximum Gasteiger partial charge on any atom is 0.0468 e. The Morgan fingerprint density at radius 2 is 0.808 bits per heavy atom. The van der Waals surface area contributed by atoms with Crippen LogP contribution in [-0.2, 0) is 6.42 Å². The second-order valence-electron chi connectivity index (χ2n) is 20.0. The van der Waals surface area contributed by atoms with E-state index in [-0.39, 0.29) is 5.92 Å². The van der Waals surface area contributed by atoms with Crippen LogP contribution in [0.1, 0.15) is 44.7 Å². The average molecular weight is 945 g/mol. The molecule has 0 aromatic heterocycles. The van der Waals surface area contributed by atoms with Gasteiger partial charge in [0.2, 0.25) is 0 Å². The summed E-state index contributed by atoms with van der Waals surface area (Å²) in [6.07, 6.45) is 19.2. The Morgan fingerprint density at radius 3 is 1.36 bits per heavy atom. The number of rotatable bonds is 12. The molecule has 356 valence electrons. The maximum atomic E-state index is 2.55. The third-order valence-corrected chi connectivity index (χ3v) is 14.9. The van der Waals surface area contributed by atoms with Crippen molar-refractivity contribution in [3.63, 3.8) is 0 Å². The molecule has 3 atom stereocenters. The number of nitrogens with zero attached hydrogens (tertiary/aromatic N) is 4. The summed E-state index contributed by atoms with van der Waals surface area (Å²) in [6, 6.07) is 77.7. The molecule has 0 saturated carbocycles. The van der Waals surface area contributed by atoms with Crippen LogP contribution in [0.2, 0.25) is 0 Å². The van der Waals surface area contributed by atoms with Crippen molar-refractivity contribution in [2.24, 2.45) is 17.8 Å². The summed E-state index contributed by atoms with van der Waals surface area (Å²) in [5, 5.41) is 4.94. The van der Waals surface area contributed by atoms with Crippen LogP contribution in [0.15, 0.2) is 266 Å².